The lowest BCUT2D eigenvalue weighted by Gasteiger charge is -2.09. The molecule has 1 N–H and O–H groups in total. The molecule has 0 fully saturated rings. The molecule has 1 aromatic carbocycles. The molecule has 0 aromatic heterocycles. The van der Waals surface area contributed by atoms with Gasteiger partial charge >= 0.3 is 0 Å². The first-order valence-electron chi connectivity index (χ1n) is 5.02. The van der Waals surface area contributed by atoms with Crippen molar-refractivity contribution >= 4 is 9.84 Å². The number of aliphatic hydroxyl groups excluding tert-OH is 1. The minimum Gasteiger partial charge on any atom is -0.392 e. The van der Waals surface area contributed by atoms with E-state index in [9.17, 15) is 13.5 Å². The van der Waals surface area contributed by atoms with Crippen LogP contribution in [0.1, 0.15) is 19.8 Å². The highest BCUT2D eigenvalue weighted by atomic mass is 32.2. The Labute approximate surface area is 90.7 Å². The Hall–Kier alpha value is -0.870. The summed E-state index contributed by atoms with van der Waals surface area (Å²) in [4.78, 5) is 0.278. The van der Waals surface area contributed by atoms with Crippen molar-refractivity contribution in [2.75, 3.05) is 5.75 Å². The first kappa shape index (κ1) is 12.2. The highest BCUT2D eigenvalue weighted by Crippen LogP contribution is 2.12. The average Bonchev–Trinajstić information content (AvgIpc) is 2.18. The largest absolute Gasteiger partial charge is 0.392 e. The number of aliphatic hydroxyl groups is 1. The monoisotopic (exact) mass is 228 g/mol. The fourth-order valence-electron chi connectivity index (χ4n) is 1.39. The summed E-state index contributed by atoms with van der Waals surface area (Å²) in [5, 5.41) is 9.47. The standard InChI is InChI=1S/C11H16O3S/c1-2-6-10(12)9-15(13,14)11-7-4-3-5-8-11/h3-5,7-8,10,12H,2,6,9H2,1H3/t10-/m0/s1. The zero-order valence-electron chi connectivity index (χ0n) is 8.76. The lowest BCUT2D eigenvalue weighted by molar-refractivity contribution is 0.186. The maximum Gasteiger partial charge on any atom is 0.180 e. The zero-order valence-corrected chi connectivity index (χ0v) is 9.57. The molecule has 84 valence electrons. The molecule has 0 aliphatic carbocycles. The van der Waals surface area contributed by atoms with E-state index < -0.39 is 15.9 Å². The van der Waals surface area contributed by atoms with E-state index >= 15 is 0 Å². The average molecular weight is 228 g/mol. The smallest absolute Gasteiger partial charge is 0.180 e. The number of sulfone groups is 1. The van der Waals surface area contributed by atoms with Crippen LogP contribution >= 0.6 is 0 Å². The van der Waals surface area contributed by atoms with E-state index in [0.717, 1.165) is 6.42 Å². The van der Waals surface area contributed by atoms with Crippen molar-refractivity contribution in [3.8, 4) is 0 Å². The summed E-state index contributed by atoms with van der Waals surface area (Å²) in [6.45, 7) is 1.92. The van der Waals surface area contributed by atoms with Crippen molar-refractivity contribution in [1.82, 2.24) is 0 Å². The predicted octanol–water partition coefficient (Wildman–Crippen LogP) is 1.62. The second-order valence-corrected chi connectivity index (χ2v) is 5.57. The fourth-order valence-corrected chi connectivity index (χ4v) is 2.83. The van der Waals surface area contributed by atoms with Crippen molar-refractivity contribution in [3.63, 3.8) is 0 Å². The Morgan fingerprint density at radius 2 is 1.87 bits per heavy atom. The highest BCUT2D eigenvalue weighted by Gasteiger charge is 2.18. The van der Waals surface area contributed by atoms with Gasteiger partial charge in [-0.05, 0) is 18.6 Å². The van der Waals surface area contributed by atoms with E-state index in [1.165, 1.54) is 0 Å². The number of hydrogen-bond donors (Lipinski definition) is 1. The van der Waals surface area contributed by atoms with Gasteiger partial charge < -0.3 is 5.11 Å². The maximum atomic E-state index is 11.8. The molecule has 0 aliphatic rings. The molecule has 0 saturated carbocycles. The normalized spacial score (nSPS) is 13.7. The van der Waals surface area contributed by atoms with Crippen LogP contribution in [0, 0.1) is 0 Å². The molecule has 0 spiro atoms. The summed E-state index contributed by atoms with van der Waals surface area (Å²) in [7, 11) is -3.33. The van der Waals surface area contributed by atoms with Gasteiger partial charge in [-0.1, -0.05) is 31.5 Å². The van der Waals surface area contributed by atoms with Crippen molar-refractivity contribution in [3.05, 3.63) is 30.3 Å². The third-order valence-corrected chi connectivity index (χ3v) is 3.95. The van der Waals surface area contributed by atoms with E-state index in [2.05, 4.69) is 0 Å². The molecule has 15 heavy (non-hydrogen) atoms. The SMILES string of the molecule is CCC[C@H](O)CS(=O)(=O)c1ccccc1. The van der Waals surface area contributed by atoms with Gasteiger partial charge in [0.1, 0.15) is 0 Å². The third kappa shape index (κ3) is 3.64. The first-order chi connectivity index (χ1) is 7.06. The Morgan fingerprint density at radius 3 is 2.40 bits per heavy atom. The summed E-state index contributed by atoms with van der Waals surface area (Å²) < 4.78 is 23.5. The molecular weight excluding hydrogens is 212 g/mol. The van der Waals surface area contributed by atoms with E-state index in [-0.39, 0.29) is 10.6 Å². The van der Waals surface area contributed by atoms with Crippen LogP contribution < -0.4 is 0 Å². The molecule has 0 bridgehead atoms. The molecule has 0 unspecified atom stereocenters. The second kappa shape index (κ2) is 5.28. The van der Waals surface area contributed by atoms with E-state index in [1.807, 2.05) is 6.92 Å². The van der Waals surface area contributed by atoms with Crippen LogP contribution in [0.15, 0.2) is 35.2 Å². The quantitative estimate of drug-likeness (QED) is 0.833. The van der Waals surface area contributed by atoms with Crippen LogP contribution in [0.25, 0.3) is 0 Å². The minimum atomic E-state index is -3.33. The van der Waals surface area contributed by atoms with Crippen LogP contribution in [0.5, 0.6) is 0 Å². The molecule has 4 heteroatoms. The first-order valence-corrected chi connectivity index (χ1v) is 6.67. The fraction of sp³-hybridized carbons (Fsp3) is 0.455. The lowest BCUT2D eigenvalue weighted by Crippen LogP contribution is -2.20. The minimum absolute atomic E-state index is 0.190. The molecular formula is C11H16O3S. The molecule has 1 atom stereocenters. The lowest BCUT2D eigenvalue weighted by atomic mass is 10.2. The predicted molar refractivity (Wildman–Crippen MR) is 59.4 cm³/mol. The van der Waals surface area contributed by atoms with Crippen molar-refractivity contribution < 1.29 is 13.5 Å². The van der Waals surface area contributed by atoms with Gasteiger partial charge in [0.2, 0.25) is 0 Å². The summed E-state index contributed by atoms with van der Waals surface area (Å²) >= 11 is 0. The van der Waals surface area contributed by atoms with Crippen LogP contribution in [0.3, 0.4) is 0 Å². The molecule has 0 radical (unpaired) electrons. The summed E-state index contributed by atoms with van der Waals surface area (Å²) in [6.07, 6.45) is 0.539. The highest BCUT2D eigenvalue weighted by molar-refractivity contribution is 7.91. The van der Waals surface area contributed by atoms with Gasteiger partial charge in [0, 0.05) is 0 Å². The van der Waals surface area contributed by atoms with Crippen molar-refractivity contribution in [2.24, 2.45) is 0 Å². The van der Waals surface area contributed by atoms with Gasteiger partial charge in [-0.25, -0.2) is 8.42 Å². The van der Waals surface area contributed by atoms with Gasteiger partial charge in [-0.3, -0.25) is 0 Å². The molecule has 0 saturated heterocycles. The molecule has 0 amide bonds. The summed E-state index contributed by atoms with van der Waals surface area (Å²) in [6, 6.07) is 8.22. The van der Waals surface area contributed by atoms with Gasteiger partial charge in [0.25, 0.3) is 0 Å². The third-order valence-electron chi connectivity index (χ3n) is 2.14. The Morgan fingerprint density at radius 1 is 1.27 bits per heavy atom. The maximum absolute atomic E-state index is 11.8. The van der Waals surface area contributed by atoms with Crippen molar-refractivity contribution in [1.29, 1.82) is 0 Å². The number of hydrogen-bond acceptors (Lipinski definition) is 3. The van der Waals surface area contributed by atoms with Crippen LogP contribution in [0.2, 0.25) is 0 Å². The van der Waals surface area contributed by atoms with E-state index in [1.54, 1.807) is 30.3 Å². The van der Waals surface area contributed by atoms with Crippen LogP contribution in [-0.2, 0) is 9.84 Å². The molecule has 1 rings (SSSR count). The molecule has 0 heterocycles. The van der Waals surface area contributed by atoms with Crippen LogP contribution in [-0.4, -0.2) is 25.4 Å². The molecule has 3 nitrogen and oxygen atoms in total. The Bertz CT molecular complexity index is 384. The van der Waals surface area contributed by atoms with Crippen LogP contribution in [0.4, 0.5) is 0 Å². The Balaban J connectivity index is 2.77. The topological polar surface area (TPSA) is 54.4 Å². The zero-order chi connectivity index (χ0) is 11.3. The van der Waals surface area contributed by atoms with Crippen molar-refractivity contribution in [2.45, 2.75) is 30.8 Å². The van der Waals surface area contributed by atoms with Gasteiger partial charge in [0.15, 0.2) is 9.84 Å². The summed E-state index contributed by atoms with van der Waals surface area (Å²) in [5.41, 5.74) is 0. The van der Waals surface area contributed by atoms with E-state index in [0.29, 0.717) is 6.42 Å². The van der Waals surface area contributed by atoms with Gasteiger partial charge in [0.05, 0.1) is 16.8 Å². The molecule has 0 aliphatic heterocycles. The van der Waals surface area contributed by atoms with Gasteiger partial charge in [-0.2, -0.15) is 0 Å². The number of rotatable bonds is 5. The second-order valence-electron chi connectivity index (χ2n) is 3.54. The van der Waals surface area contributed by atoms with E-state index in [4.69, 9.17) is 0 Å². The number of benzene rings is 1. The molecule has 1 aromatic rings. The summed E-state index contributed by atoms with van der Waals surface area (Å²) in [5.74, 6) is -0.190. The Kier molecular flexibility index (Phi) is 4.29. The van der Waals surface area contributed by atoms with Gasteiger partial charge in [-0.15, -0.1) is 0 Å².